The van der Waals surface area contributed by atoms with Crippen LogP contribution in [0.2, 0.25) is 0 Å². The van der Waals surface area contributed by atoms with E-state index in [2.05, 4.69) is 0 Å². The summed E-state index contributed by atoms with van der Waals surface area (Å²) in [5.74, 6) is -1.78. The first kappa shape index (κ1) is 16.9. The van der Waals surface area contributed by atoms with Crippen molar-refractivity contribution in [3.05, 3.63) is 30.3 Å². The average molecular weight is 350 g/mol. The van der Waals surface area contributed by atoms with Gasteiger partial charge in [0.25, 0.3) is 0 Å². The van der Waals surface area contributed by atoms with Gasteiger partial charge >= 0.3 is 5.97 Å². The lowest BCUT2D eigenvalue weighted by Gasteiger charge is -2.35. The molecule has 0 aliphatic carbocycles. The van der Waals surface area contributed by atoms with Gasteiger partial charge in [0, 0.05) is 0 Å². The van der Waals surface area contributed by atoms with Crippen LogP contribution in [0.3, 0.4) is 0 Å². The topological polar surface area (TPSA) is 72.5 Å². The molecule has 3 saturated heterocycles. The van der Waals surface area contributed by atoms with E-state index in [-0.39, 0.29) is 0 Å². The van der Waals surface area contributed by atoms with Crippen LogP contribution < -0.4 is 4.74 Å². The third-order valence-corrected chi connectivity index (χ3v) is 4.35. The number of para-hydroxylation sites is 1. The number of rotatable bonds is 2. The molecule has 0 spiro atoms. The van der Waals surface area contributed by atoms with Gasteiger partial charge in [-0.2, -0.15) is 0 Å². The molecule has 7 nitrogen and oxygen atoms in total. The molecule has 3 fully saturated rings. The predicted molar refractivity (Wildman–Crippen MR) is 84.6 cm³/mol. The van der Waals surface area contributed by atoms with Gasteiger partial charge in [-0.1, -0.05) is 18.2 Å². The summed E-state index contributed by atoms with van der Waals surface area (Å²) in [6.07, 6.45) is -3.27. The summed E-state index contributed by atoms with van der Waals surface area (Å²) in [5.41, 5.74) is 0. The second-order valence-corrected chi connectivity index (χ2v) is 7.32. The number of ether oxygens (including phenoxy) is 6. The van der Waals surface area contributed by atoms with Crippen LogP contribution in [-0.4, -0.2) is 48.2 Å². The Bertz CT molecular complexity index is 657. The van der Waals surface area contributed by atoms with E-state index < -0.39 is 48.2 Å². The number of fused-ring (bicyclic) bond motifs is 3. The van der Waals surface area contributed by atoms with Gasteiger partial charge in [0.1, 0.15) is 24.1 Å². The smallest absolute Gasteiger partial charge is 0.343 e. The van der Waals surface area contributed by atoms with Crippen LogP contribution in [0, 0.1) is 0 Å². The Morgan fingerprint density at radius 1 is 0.880 bits per heavy atom. The third-order valence-electron chi connectivity index (χ3n) is 4.35. The minimum atomic E-state index is -0.967. The van der Waals surface area contributed by atoms with Crippen LogP contribution in [0.1, 0.15) is 27.7 Å². The van der Waals surface area contributed by atoms with Crippen LogP contribution in [0.25, 0.3) is 0 Å². The van der Waals surface area contributed by atoms with E-state index in [0.717, 1.165) is 0 Å². The zero-order valence-corrected chi connectivity index (χ0v) is 14.6. The summed E-state index contributed by atoms with van der Waals surface area (Å²) < 4.78 is 34.9. The monoisotopic (exact) mass is 350 g/mol. The van der Waals surface area contributed by atoms with E-state index in [9.17, 15) is 4.79 Å². The fourth-order valence-electron chi connectivity index (χ4n) is 3.46. The summed E-state index contributed by atoms with van der Waals surface area (Å²) in [4.78, 5) is 12.7. The number of esters is 1. The van der Waals surface area contributed by atoms with Crippen molar-refractivity contribution in [1.82, 2.24) is 0 Å². The van der Waals surface area contributed by atoms with E-state index in [1.165, 1.54) is 0 Å². The van der Waals surface area contributed by atoms with E-state index in [1.54, 1.807) is 52.0 Å². The Balaban J connectivity index is 1.58. The summed E-state index contributed by atoms with van der Waals surface area (Å²) in [6.45, 7) is 7.17. The van der Waals surface area contributed by atoms with Crippen molar-refractivity contribution < 1.29 is 33.2 Å². The molecule has 0 unspecified atom stereocenters. The standard InChI is InChI=1S/C18H22O7/c1-17(2)22-11-12(23-17)14-16(25-18(3,4)24-14)21-13(11)15(19)20-10-8-6-5-7-9-10/h5-9,11-14,16H,1-4H3/t11-,12-,13-,14-,16+/m1/s1. The number of benzene rings is 1. The summed E-state index contributed by atoms with van der Waals surface area (Å²) in [5, 5.41) is 0. The molecular weight excluding hydrogens is 328 g/mol. The highest BCUT2D eigenvalue weighted by Crippen LogP contribution is 2.44. The number of hydrogen-bond acceptors (Lipinski definition) is 7. The highest BCUT2D eigenvalue weighted by molar-refractivity contribution is 5.78. The van der Waals surface area contributed by atoms with Gasteiger partial charge in [0.15, 0.2) is 24.0 Å². The van der Waals surface area contributed by atoms with Crippen LogP contribution >= 0.6 is 0 Å². The van der Waals surface area contributed by atoms with Gasteiger partial charge in [0.05, 0.1) is 0 Å². The quantitative estimate of drug-likeness (QED) is 0.596. The van der Waals surface area contributed by atoms with Crippen molar-refractivity contribution in [2.24, 2.45) is 0 Å². The highest BCUT2D eigenvalue weighted by atomic mass is 16.9. The van der Waals surface area contributed by atoms with Gasteiger partial charge < -0.3 is 28.4 Å². The molecule has 3 aliphatic heterocycles. The predicted octanol–water partition coefficient (Wildman–Crippen LogP) is 1.99. The van der Waals surface area contributed by atoms with Crippen molar-refractivity contribution in [2.45, 2.75) is 70.0 Å². The molecular formula is C18H22O7. The summed E-state index contributed by atoms with van der Waals surface area (Å²) in [6, 6.07) is 8.83. The van der Waals surface area contributed by atoms with Crippen molar-refractivity contribution >= 4 is 5.97 Å². The minimum Gasteiger partial charge on any atom is -0.425 e. The average Bonchev–Trinajstić information content (AvgIpc) is 3.01. The minimum absolute atomic E-state index is 0.442. The second-order valence-electron chi connectivity index (χ2n) is 7.32. The van der Waals surface area contributed by atoms with E-state index >= 15 is 0 Å². The molecule has 3 aliphatic rings. The fraction of sp³-hybridized carbons (Fsp3) is 0.611. The zero-order valence-electron chi connectivity index (χ0n) is 14.6. The number of carbonyl (C=O) groups excluding carboxylic acids is 1. The normalized spacial score (nSPS) is 38.0. The lowest BCUT2D eigenvalue weighted by Crippen LogP contribution is -2.58. The zero-order chi connectivity index (χ0) is 17.8. The van der Waals surface area contributed by atoms with Crippen molar-refractivity contribution in [3.63, 3.8) is 0 Å². The Morgan fingerprint density at radius 3 is 2.20 bits per heavy atom. The Morgan fingerprint density at radius 2 is 1.48 bits per heavy atom. The first-order valence-electron chi connectivity index (χ1n) is 8.38. The molecule has 0 bridgehead atoms. The van der Waals surface area contributed by atoms with Crippen LogP contribution in [0.5, 0.6) is 5.75 Å². The molecule has 0 amide bonds. The molecule has 0 radical (unpaired) electrons. The first-order chi connectivity index (χ1) is 11.7. The number of hydrogen-bond donors (Lipinski definition) is 0. The van der Waals surface area contributed by atoms with Crippen molar-refractivity contribution in [2.75, 3.05) is 0 Å². The highest BCUT2D eigenvalue weighted by Gasteiger charge is 2.62. The molecule has 7 heteroatoms. The van der Waals surface area contributed by atoms with Gasteiger partial charge in [-0.15, -0.1) is 0 Å². The third kappa shape index (κ3) is 3.18. The van der Waals surface area contributed by atoms with Crippen LogP contribution in [0.4, 0.5) is 0 Å². The molecule has 3 heterocycles. The molecule has 4 rings (SSSR count). The van der Waals surface area contributed by atoms with Gasteiger partial charge in [0.2, 0.25) is 0 Å². The lowest BCUT2D eigenvalue weighted by molar-refractivity contribution is -0.236. The molecule has 136 valence electrons. The van der Waals surface area contributed by atoms with Crippen molar-refractivity contribution in [3.8, 4) is 5.75 Å². The van der Waals surface area contributed by atoms with E-state index in [4.69, 9.17) is 28.4 Å². The van der Waals surface area contributed by atoms with Gasteiger partial charge in [-0.25, -0.2) is 4.79 Å². The fourth-order valence-corrected chi connectivity index (χ4v) is 3.46. The maximum Gasteiger partial charge on any atom is 0.343 e. The molecule has 0 aromatic heterocycles. The maximum atomic E-state index is 12.7. The molecule has 1 aromatic carbocycles. The first-order valence-corrected chi connectivity index (χ1v) is 8.38. The number of carbonyl (C=O) groups is 1. The van der Waals surface area contributed by atoms with Gasteiger partial charge in [-0.3, -0.25) is 0 Å². The molecule has 1 aromatic rings. The Labute approximate surface area is 146 Å². The second kappa shape index (κ2) is 5.75. The van der Waals surface area contributed by atoms with Crippen molar-refractivity contribution in [1.29, 1.82) is 0 Å². The van der Waals surface area contributed by atoms with Crippen LogP contribution in [0.15, 0.2) is 30.3 Å². The molecule has 25 heavy (non-hydrogen) atoms. The summed E-state index contributed by atoms with van der Waals surface area (Å²) in [7, 11) is 0. The molecule has 5 atom stereocenters. The molecule has 0 saturated carbocycles. The van der Waals surface area contributed by atoms with E-state index in [1.807, 2.05) is 6.07 Å². The Kier molecular flexibility index (Phi) is 3.90. The van der Waals surface area contributed by atoms with Crippen LogP contribution in [-0.2, 0) is 28.5 Å². The lowest BCUT2D eigenvalue weighted by atomic mass is 9.99. The maximum absolute atomic E-state index is 12.7. The van der Waals surface area contributed by atoms with Gasteiger partial charge in [-0.05, 0) is 39.8 Å². The Hall–Kier alpha value is -1.51. The van der Waals surface area contributed by atoms with E-state index in [0.29, 0.717) is 5.75 Å². The summed E-state index contributed by atoms with van der Waals surface area (Å²) >= 11 is 0. The SMILES string of the molecule is CC1(C)O[C@@H]2[C@@H](O1)[C@H](C(=O)Oc1ccccc1)O[C@H]1OC(C)(C)O[C@@H]12. The molecule has 0 N–H and O–H groups in total. The largest absolute Gasteiger partial charge is 0.425 e.